The van der Waals surface area contributed by atoms with Crippen LogP contribution in [-0.4, -0.2) is 23.5 Å². The van der Waals surface area contributed by atoms with Crippen LogP contribution >= 0.6 is 11.3 Å². The van der Waals surface area contributed by atoms with Crippen LogP contribution in [0.2, 0.25) is 0 Å². The fourth-order valence-electron chi connectivity index (χ4n) is 2.60. The highest BCUT2D eigenvalue weighted by Gasteiger charge is 2.24. The van der Waals surface area contributed by atoms with Crippen molar-refractivity contribution in [3.63, 3.8) is 0 Å². The van der Waals surface area contributed by atoms with E-state index in [4.69, 9.17) is 5.73 Å². The maximum Gasteiger partial charge on any atom is 0.0331 e. The monoisotopic (exact) mass is 252 g/mol. The van der Waals surface area contributed by atoms with E-state index < -0.39 is 0 Å². The van der Waals surface area contributed by atoms with Gasteiger partial charge in [0, 0.05) is 23.0 Å². The van der Waals surface area contributed by atoms with Gasteiger partial charge in [0.2, 0.25) is 0 Å². The lowest BCUT2D eigenvalue weighted by Gasteiger charge is -2.34. The Labute approximate surface area is 109 Å². The quantitative estimate of drug-likeness (QED) is 0.891. The molecule has 0 aromatic carbocycles. The van der Waals surface area contributed by atoms with Crippen LogP contribution < -0.4 is 5.73 Å². The lowest BCUT2D eigenvalue weighted by Crippen LogP contribution is -2.36. The lowest BCUT2D eigenvalue weighted by molar-refractivity contribution is 0.192. The predicted molar refractivity (Wildman–Crippen MR) is 75.5 cm³/mol. The molecule has 3 heteroatoms. The number of nitrogens with zero attached hydrogens (tertiary/aromatic N) is 1. The van der Waals surface area contributed by atoms with Gasteiger partial charge in [0.15, 0.2) is 0 Å². The Hall–Kier alpha value is -0.380. The Balaban J connectivity index is 1.88. The average molecular weight is 252 g/mol. The number of hydrogen-bond donors (Lipinski definition) is 1. The Bertz CT molecular complexity index is 365. The summed E-state index contributed by atoms with van der Waals surface area (Å²) in [7, 11) is 0. The summed E-state index contributed by atoms with van der Waals surface area (Å²) in [6.07, 6.45) is 3.53. The predicted octanol–water partition coefficient (Wildman–Crippen LogP) is 3.18. The van der Waals surface area contributed by atoms with Gasteiger partial charge in [0.1, 0.15) is 0 Å². The molecule has 2 rings (SSSR count). The molecule has 1 aromatic rings. The summed E-state index contributed by atoms with van der Waals surface area (Å²) in [6.45, 7) is 8.95. The molecule has 0 radical (unpaired) electrons. The van der Waals surface area contributed by atoms with Crippen LogP contribution in [0.3, 0.4) is 0 Å². The standard InChI is InChI=1S/C14H24N2S/c1-11-12-6-10-17-13(12)5-9-16(11)8-4-7-14(2,3)15/h6,10-11H,4-5,7-9,15H2,1-3H3. The maximum atomic E-state index is 6.03. The number of nitrogens with two attached hydrogens (primary N) is 1. The van der Waals surface area contributed by atoms with Crippen molar-refractivity contribution >= 4 is 11.3 Å². The van der Waals surface area contributed by atoms with E-state index in [1.807, 2.05) is 11.3 Å². The fourth-order valence-corrected chi connectivity index (χ4v) is 3.57. The van der Waals surface area contributed by atoms with E-state index in [1.54, 1.807) is 10.4 Å². The van der Waals surface area contributed by atoms with Crippen LogP contribution in [0, 0.1) is 0 Å². The molecule has 1 aliphatic heterocycles. The second kappa shape index (κ2) is 5.09. The van der Waals surface area contributed by atoms with Crippen LogP contribution in [0.1, 0.15) is 50.1 Å². The summed E-state index contributed by atoms with van der Waals surface area (Å²) < 4.78 is 0. The smallest absolute Gasteiger partial charge is 0.0331 e. The van der Waals surface area contributed by atoms with E-state index in [2.05, 4.69) is 37.1 Å². The molecule has 0 amide bonds. The van der Waals surface area contributed by atoms with Gasteiger partial charge in [-0.2, -0.15) is 0 Å². The number of rotatable bonds is 4. The van der Waals surface area contributed by atoms with Crippen molar-refractivity contribution < 1.29 is 0 Å². The third-order valence-corrected chi connectivity index (χ3v) is 4.67. The summed E-state index contributed by atoms with van der Waals surface area (Å²) in [4.78, 5) is 4.19. The Kier molecular flexibility index (Phi) is 3.91. The van der Waals surface area contributed by atoms with Gasteiger partial charge in [-0.15, -0.1) is 11.3 Å². The molecule has 1 aromatic heterocycles. The second-order valence-electron chi connectivity index (χ2n) is 5.85. The van der Waals surface area contributed by atoms with E-state index in [-0.39, 0.29) is 5.54 Å². The Morgan fingerprint density at radius 1 is 1.53 bits per heavy atom. The van der Waals surface area contributed by atoms with Gasteiger partial charge in [0.05, 0.1) is 0 Å². The average Bonchev–Trinajstić information content (AvgIpc) is 2.68. The van der Waals surface area contributed by atoms with E-state index in [9.17, 15) is 0 Å². The SMILES string of the molecule is CC1c2ccsc2CCN1CCCC(C)(C)N. The van der Waals surface area contributed by atoms with Gasteiger partial charge in [-0.25, -0.2) is 0 Å². The highest BCUT2D eigenvalue weighted by Crippen LogP contribution is 2.32. The number of thiophene rings is 1. The first-order valence-electron chi connectivity index (χ1n) is 6.56. The fraction of sp³-hybridized carbons (Fsp3) is 0.714. The molecule has 2 heterocycles. The zero-order valence-corrected chi connectivity index (χ0v) is 12.0. The van der Waals surface area contributed by atoms with Crippen molar-refractivity contribution in [1.29, 1.82) is 0 Å². The highest BCUT2D eigenvalue weighted by molar-refractivity contribution is 7.10. The third kappa shape index (κ3) is 3.30. The lowest BCUT2D eigenvalue weighted by atomic mass is 9.98. The summed E-state index contributed by atoms with van der Waals surface area (Å²) >= 11 is 1.91. The molecule has 0 spiro atoms. The summed E-state index contributed by atoms with van der Waals surface area (Å²) in [5, 5.41) is 2.23. The molecule has 0 saturated heterocycles. The van der Waals surface area contributed by atoms with Gasteiger partial charge >= 0.3 is 0 Å². The molecule has 0 saturated carbocycles. The molecule has 0 fully saturated rings. The molecule has 2 nitrogen and oxygen atoms in total. The van der Waals surface area contributed by atoms with Crippen molar-refractivity contribution in [3.05, 3.63) is 21.9 Å². The van der Waals surface area contributed by atoms with Crippen molar-refractivity contribution in [3.8, 4) is 0 Å². The van der Waals surface area contributed by atoms with Crippen LogP contribution in [0.25, 0.3) is 0 Å². The topological polar surface area (TPSA) is 29.3 Å². The van der Waals surface area contributed by atoms with Crippen molar-refractivity contribution in [2.75, 3.05) is 13.1 Å². The normalized spacial score (nSPS) is 21.5. The Morgan fingerprint density at radius 3 is 3.00 bits per heavy atom. The molecular formula is C14H24N2S. The van der Waals surface area contributed by atoms with Crippen LogP contribution in [0.15, 0.2) is 11.4 Å². The van der Waals surface area contributed by atoms with Crippen molar-refractivity contribution in [1.82, 2.24) is 4.90 Å². The number of hydrogen-bond acceptors (Lipinski definition) is 3. The van der Waals surface area contributed by atoms with Gasteiger partial charge in [-0.05, 0) is 63.6 Å². The molecule has 17 heavy (non-hydrogen) atoms. The zero-order valence-electron chi connectivity index (χ0n) is 11.2. The molecule has 96 valence electrons. The van der Waals surface area contributed by atoms with Gasteiger partial charge in [-0.3, -0.25) is 4.90 Å². The number of fused-ring (bicyclic) bond motifs is 1. The first-order chi connectivity index (χ1) is 7.97. The summed E-state index contributed by atoms with van der Waals surface area (Å²) in [6, 6.07) is 2.88. The first-order valence-corrected chi connectivity index (χ1v) is 7.44. The minimum atomic E-state index is -0.0213. The molecule has 2 N–H and O–H groups in total. The van der Waals surface area contributed by atoms with Crippen LogP contribution in [-0.2, 0) is 6.42 Å². The summed E-state index contributed by atoms with van der Waals surface area (Å²) in [5.74, 6) is 0. The van der Waals surface area contributed by atoms with Crippen molar-refractivity contribution in [2.45, 2.75) is 51.6 Å². The van der Waals surface area contributed by atoms with E-state index in [0.29, 0.717) is 6.04 Å². The molecule has 1 aliphatic rings. The van der Waals surface area contributed by atoms with Crippen LogP contribution in [0.5, 0.6) is 0 Å². The molecule has 0 bridgehead atoms. The van der Waals surface area contributed by atoms with Crippen molar-refractivity contribution in [2.24, 2.45) is 5.73 Å². The molecule has 1 atom stereocenters. The maximum absolute atomic E-state index is 6.03. The van der Waals surface area contributed by atoms with Gasteiger partial charge in [-0.1, -0.05) is 0 Å². The van der Waals surface area contributed by atoms with E-state index in [1.165, 1.54) is 25.9 Å². The second-order valence-corrected chi connectivity index (χ2v) is 6.85. The van der Waals surface area contributed by atoms with E-state index >= 15 is 0 Å². The van der Waals surface area contributed by atoms with Crippen LogP contribution in [0.4, 0.5) is 0 Å². The molecule has 1 unspecified atom stereocenters. The largest absolute Gasteiger partial charge is 0.326 e. The summed E-state index contributed by atoms with van der Waals surface area (Å²) in [5.41, 5.74) is 7.56. The minimum Gasteiger partial charge on any atom is -0.326 e. The molecule has 0 aliphatic carbocycles. The van der Waals surface area contributed by atoms with E-state index in [0.717, 1.165) is 6.42 Å². The highest BCUT2D eigenvalue weighted by atomic mass is 32.1. The third-order valence-electron chi connectivity index (χ3n) is 3.67. The van der Waals surface area contributed by atoms with Gasteiger partial charge < -0.3 is 5.73 Å². The zero-order chi connectivity index (χ0) is 12.5. The Morgan fingerprint density at radius 2 is 2.29 bits per heavy atom. The molecular weight excluding hydrogens is 228 g/mol. The minimum absolute atomic E-state index is 0.0213. The van der Waals surface area contributed by atoms with Gasteiger partial charge in [0.25, 0.3) is 0 Å². The first kappa shape index (κ1) is 13.1.